The quantitative estimate of drug-likeness (QED) is 0.872. The van der Waals surface area contributed by atoms with Crippen molar-refractivity contribution in [3.05, 3.63) is 28.5 Å². The van der Waals surface area contributed by atoms with Gasteiger partial charge in [0, 0.05) is 18.8 Å². The minimum Gasteiger partial charge on any atom is -0.383 e. The number of aliphatic hydroxyl groups is 1. The lowest BCUT2D eigenvalue weighted by Crippen LogP contribution is -2.00. The van der Waals surface area contributed by atoms with E-state index < -0.39 is 6.10 Å². The second-order valence-corrected chi connectivity index (χ2v) is 4.47. The van der Waals surface area contributed by atoms with E-state index in [1.54, 1.807) is 17.1 Å². The van der Waals surface area contributed by atoms with E-state index in [1.807, 2.05) is 7.05 Å². The van der Waals surface area contributed by atoms with Crippen molar-refractivity contribution in [2.75, 3.05) is 0 Å². The van der Waals surface area contributed by atoms with E-state index in [1.165, 1.54) is 11.5 Å². The first-order chi connectivity index (χ1) is 7.72. The van der Waals surface area contributed by atoms with E-state index in [4.69, 9.17) is 0 Å². The third-order valence-corrected chi connectivity index (χ3v) is 3.18. The number of aryl methyl sites for hydroxylation is 2. The lowest BCUT2D eigenvalue weighted by atomic mass is 10.1. The molecule has 0 aliphatic carbocycles. The minimum absolute atomic E-state index is 0.657. The van der Waals surface area contributed by atoms with Crippen LogP contribution in [-0.4, -0.2) is 24.5 Å². The number of nitrogens with zero attached hydrogens (tertiary/aromatic N) is 4. The van der Waals surface area contributed by atoms with Gasteiger partial charge in [-0.25, -0.2) is 0 Å². The highest BCUT2D eigenvalue weighted by molar-refractivity contribution is 7.05. The SMILES string of the molecule is CCCc1nnsc1C(O)c1cnn(C)c1. The zero-order valence-electron chi connectivity index (χ0n) is 9.29. The molecule has 0 saturated carbocycles. The lowest BCUT2D eigenvalue weighted by Gasteiger charge is -2.06. The van der Waals surface area contributed by atoms with E-state index >= 15 is 0 Å². The summed E-state index contributed by atoms with van der Waals surface area (Å²) >= 11 is 1.25. The van der Waals surface area contributed by atoms with Gasteiger partial charge in [0.1, 0.15) is 6.10 Å². The summed E-state index contributed by atoms with van der Waals surface area (Å²) in [5.41, 5.74) is 1.68. The summed E-state index contributed by atoms with van der Waals surface area (Å²) < 4.78 is 5.57. The fraction of sp³-hybridized carbons (Fsp3) is 0.500. The number of aliphatic hydroxyl groups excluding tert-OH is 1. The summed E-state index contributed by atoms with van der Waals surface area (Å²) in [5.74, 6) is 0. The average molecular weight is 238 g/mol. The Morgan fingerprint density at radius 1 is 1.56 bits per heavy atom. The van der Waals surface area contributed by atoms with Crippen LogP contribution in [0, 0.1) is 0 Å². The first-order valence-corrected chi connectivity index (χ1v) is 5.97. The lowest BCUT2D eigenvalue weighted by molar-refractivity contribution is 0.222. The highest BCUT2D eigenvalue weighted by Crippen LogP contribution is 2.27. The van der Waals surface area contributed by atoms with Crippen LogP contribution in [0.1, 0.15) is 35.6 Å². The molecule has 0 aliphatic rings. The maximum atomic E-state index is 10.2. The molecule has 0 radical (unpaired) electrons. The number of hydrogen-bond acceptors (Lipinski definition) is 5. The van der Waals surface area contributed by atoms with Crippen molar-refractivity contribution in [3.8, 4) is 0 Å². The molecule has 2 aromatic heterocycles. The largest absolute Gasteiger partial charge is 0.383 e. The molecule has 5 nitrogen and oxygen atoms in total. The van der Waals surface area contributed by atoms with Crippen LogP contribution in [0.5, 0.6) is 0 Å². The predicted octanol–water partition coefficient (Wildman–Crippen LogP) is 1.31. The van der Waals surface area contributed by atoms with E-state index in [2.05, 4.69) is 21.6 Å². The fourth-order valence-electron chi connectivity index (χ4n) is 1.57. The highest BCUT2D eigenvalue weighted by Gasteiger charge is 2.19. The molecule has 2 rings (SSSR count). The number of aromatic nitrogens is 4. The molecule has 86 valence electrons. The van der Waals surface area contributed by atoms with Gasteiger partial charge in [-0.2, -0.15) is 5.10 Å². The normalized spacial score (nSPS) is 12.9. The topological polar surface area (TPSA) is 63.8 Å². The molecule has 2 aromatic rings. The fourth-order valence-corrected chi connectivity index (χ4v) is 2.28. The van der Waals surface area contributed by atoms with Crippen molar-refractivity contribution in [2.45, 2.75) is 25.9 Å². The summed E-state index contributed by atoms with van der Waals surface area (Å²) in [6.07, 6.45) is 4.66. The van der Waals surface area contributed by atoms with Gasteiger partial charge in [0.15, 0.2) is 0 Å². The monoisotopic (exact) mass is 238 g/mol. The predicted molar refractivity (Wildman–Crippen MR) is 61.2 cm³/mol. The second kappa shape index (κ2) is 4.71. The molecule has 2 heterocycles. The van der Waals surface area contributed by atoms with Gasteiger partial charge in [-0.15, -0.1) is 5.10 Å². The molecule has 16 heavy (non-hydrogen) atoms. The van der Waals surface area contributed by atoms with Gasteiger partial charge in [0.05, 0.1) is 16.8 Å². The third kappa shape index (κ3) is 2.12. The zero-order valence-corrected chi connectivity index (χ0v) is 10.1. The molecule has 0 saturated heterocycles. The van der Waals surface area contributed by atoms with Crippen LogP contribution in [0.3, 0.4) is 0 Å². The Kier molecular flexibility index (Phi) is 3.31. The van der Waals surface area contributed by atoms with E-state index in [-0.39, 0.29) is 0 Å². The smallest absolute Gasteiger partial charge is 0.120 e. The van der Waals surface area contributed by atoms with Crippen molar-refractivity contribution in [2.24, 2.45) is 7.05 Å². The standard InChI is InChI=1S/C10H14N4OS/c1-3-4-8-10(16-13-12-8)9(15)7-5-11-14(2)6-7/h5-6,9,15H,3-4H2,1-2H3. The Balaban J connectivity index is 2.26. The van der Waals surface area contributed by atoms with Gasteiger partial charge in [-0.1, -0.05) is 17.8 Å². The van der Waals surface area contributed by atoms with E-state index in [0.29, 0.717) is 0 Å². The molecule has 1 N–H and O–H groups in total. The Morgan fingerprint density at radius 3 is 3.00 bits per heavy atom. The minimum atomic E-state index is -0.657. The van der Waals surface area contributed by atoms with Gasteiger partial charge in [0.25, 0.3) is 0 Å². The molecule has 0 aliphatic heterocycles. The molecule has 1 unspecified atom stereocenters. The van der Waals surface area contributed by atoms with Crippen molar-refractivity contribution in [1.82, 2.24) is 19.4 Å². The van der Waals surface area contributed by atoms with Crippen LogP contribution in [-0.2, 0) is 13.5 Å². The molecule has 1 atom stereocenters. The molecule has 0 fully saturated rings. The van der Waals surface area contributed by atoms with Gasteiger partial charge in [-0.3, -0.25) is 4.68 Å². The van der Waals surface area contributed by atoms with Crippen molar-refractivity contribution < 1.29 is 5.11 Å². The summed E-state index contributed by atoms with van der Waals surface area (Å²) in [7, 11) is 1.83. The second-order valence-electron chi connectivity index (χ2n) is 3.68. The Labute approximate surface area is 97.9 Å². The molecule has 0 bridgehead atoms. The zero-order chi connectivity index (χ0) is 11.5. The van der Waals surface area contributed by atoms with Crippen LogP contribution >= 0.6 is 11.5 Å². The van der Waals surface area contributed by atoms with Gasteiger partial charge in [0.2, 0.25) is 0 Å². The maximum Gasteiger partial charge on any atom is 0.120 e. The number of rotatable bonds is 4. The van der Waals surface area contributed by atoms with Crippen LogP contribution in [0.15, 0.2) is 12.4 Å². The first-order valence-electron chi connectivity index (χ1n) is 5.20. The van der Waals surface area contributed by atoms with Crippen LogP contribution in [0.25, 0.3) is 0 Å². The first kappa shape index (κ1) is 11.2. The Hall–Kier alpha value is -1.27. The molecule has 6 heteroatoms. The van der Waals surface area contributed by atoms with Gasteiger partial charge < -0.3 is 5.11 Å². The molecular weight excluding hydrogens is 224 g/mol. The average Bonchev–Trinajstić information content (AvgIpc) is 2.87. The summed E-state index contributed by atoms with van der Waals surface area (Å²) in [4.78, 5) is 0.829. The van der Waals surface area contributed by atoms with Crippen LogP contribution in [0.4, 0.5) is 0 Å². The summed E-state index contributed by atoms with van der Waals surface area (Å²) in [6.45, 7) is 2.08. The van der Waals surface area contributed by atoms with Crippen molar-refractivity contribution in [3.63, 3.8) is 0 Å². The van der Waals surface area contributed by atoms with E-state index in [0.717, 1.165) is 29.0 Å². The molecular formula is C10H14N4OS. The number of hydrogen-bond donors (Lipinski definition) is 1. The molecule has 0 aromatic carbocycles. The summed E-state index contributed by atoms with van der Waals surface area (Å²) in [6, 6.07) is 0. The van der Waals surface area contributed by atoms with Crippen LogP contribution in [0.2, 0.25) is 0 Å². The third-order valence-electron chi connectivity index (χ3n) is 2.36. The van der Waals surface area contributed by atoms with Crippen LogP contribution < -0.4 is 0 Å². The maximum absolute atomic E-state index is 10.2. The van der Waals surface area contributed by atoms with Gasteiger partial charge >= 0.3 is 0 Å². The van der Waals surface area contributed by atoms with Crippen molar-refractivity contribution >= 4 is 11.5 Å². The molecule has 0 amide bonds. The summed E-state index contributed by atoms with van der Waals surface area (Å²) in [5, 5.41) is 18.3. The molecule has 0 spiro atoms. The van der Waals surface area contributed by atoms with E-state index in [9.17, 15) is 5.11 Å². The van der Waals surface area contributed by atoms with Gasteiger partial charge in [-0.05, 0) is 18.0 Å². The highest BCUT2D eigenvalue weighted by atomic mass is 32.1. The Bertz CT molecular complexity index is 465. The Morgan fingerprint density at radius 2 is 2.38 bits per heavy atom. The van der Waals surface area contributed by atoms with Crippen molar-refractivity contribution in [1.29, 1.82) is 0 Å².